The molecule has 1 fully saturated rings. The Hall–Kier alpha value is -2.44. The summed E-state index contributed by atoms with van der Waals surface area (Å²) < 4.78 is 5.25. The maximum absolute atomic E-state index is 13.8. The first-order chi connectivity index (χ1) is 14.9. The number of amides is 1. The molecule has 0 aliphatic carbocycles. The van der Waals surface area contributed by atoms with E-state index in [1.807, 2.05) is 43.3 Å². The van der Waals surface area contributed by atoms with Crippen LogP contribution in [0.2, 0.25) is 0 Å². The van der Waals surface area contributed by atoms with E-state index in [2.05, 4.69) is 35.9 Å². The van der Waals surface area contributed by atoms with Crippen molar-refractivity contribution in [3.05, 3.63) is 47.5 Å². The molecule has 2 heterocycles. The largest absolute Gasteiger partial charge is 0.385 e. The smallest absolute Gasteiger partial charge is 0.257 e. The molecule has 0 atom stereocenters. The number of hydrogen-bond donors (Lipinski definition) is 0. The molecule has 0 N–H and O–H groups in total. The second-order valence-corrected chi connectivity index (χ2v) is 8.66. The van der Waals surface area contributed by atoms with Crippen molar-refractivity contribution in [2.45, 2.75) is 32.2 Å². The summed E-state index contributed by atoms with van der Waals surface area (Å²) in [6.07, 6.45) is 2.84. The molecule has 1 aliphatic rings. The molecule has 0 saturated carbocycles. The first-order valence-electron chi connectivity index (χ1n) is 11.1. The van der Waals surface area contributed by atoms with Gasteiger partial charge in [-0.2, -0.15) is 0 Å². The van der Waals surface area contributed by atoms with Gasteiger partial charge in [0.2, 0.25) is 0 Å². The first-order valence-corrected chi connectivity index (χ1v) is 11.1. The minimum atomic E-state index is 0.0678. The number of methoxy groups -OCH3 is 1. The van der Waals surface area contributed by atoms with Gasteiger partial charge in [0.25, 0.3) is 5.91 Å². The minimum Gasteiger partial charge on any atom is -0.385 e. The number of likely N-dealkylation sites (tertiary alicyclic amines) is 1. The average Bonchev–Trinajstić information content (AvgIpc) is 2.77. The molecule has 31 heavy (non-hydrogen) atoms. The van der Waals surface area contributed by atoms with E-state index in [0.29, 0.717) is 18.7 Å². The zero-order valence-corrected chi connectivity index (χ0v) is 19.6. The van der Waals surface area contributed by atoms with Gasteiger partial charge in [0, 0.05) is 46.0 Å². The van der Waals surface area contributed by atoms with Crippen molar-refractivity contribution in [2.75, 3.05) is 59.4 Å². The Morgan fingerprint density at radius 1 is 1.16 bits per heavy atom. The molecule has 6 nitrogen and oxygen atoms in total. The Kier molecular flexibility index (Phi) is 8.04. The van der Waals surface area contributed by atoms with Gasteiger partial charge >= 0.3 is 0 Å². The monoisotopic (exact) mass is 424 g/mol. The zero-order chi connectivity index (χ0) is 22.4. The van der Waals surface area contributed by atoms with E-state index in [4.69, 9.17) is 9.72 Å². The van der Waals surface area contributed by atoms with Gasteiger partial charge in [-0.05, 0) is 64.0 Å². The highest BCUT2D eigenvalue weighted by molar-refractivity contribution is 5.99. The molecule has 0 spiro atoms. The van der Waals surface area contributed by atoms with Crippen LogP contribution in [0, 0.1) is 6.92 Å². The lowest BCUT2D eigenvalue weighted by Crippen LogP contribution is -2.47. The van der Waals surface area contributed by atoms with Gasteiger partial charge in [0.15, 0.2) is 0 Å². The fraction of sp³-hybridized carbons (Fsp3) is 0.520. The Morgan fingerprint density at radius 3 is 2.52 bits per heavy atom. The molecule has 1 saturated heterocycles. The van der Waals surface area contributed by atoms with Crippen molar-refractivity contribution in [2.24, 2.45) is 0 Å². The molecule has 1 aliphatic heterocycles. The number of aromatic nitrogens is 1. The molecule has 1 aromatic carbocycles. The van der Waals surface area contributed by atoms with Crippen LogP contribution in [0.15, 0.2) is 36.4 Å². The first kappa shape index (κ1) is 23.2. The van der Waals surface area contributed by atoms with Crippen LogP contribution in [0.3, 0.4) is 0 Å². The van der Waals surface area contributed by atoms with E-state index in [9.17, 15) is 4.79 Å². The highest BCUT2D eigenvalue weighted by atomic mass is 16.5. The van der Waals surface area contributed by atoms with Crippen molar-refractivity contribution < 1.29 is 9.53 Å². The van der Waals surface area contributed by atoms with Crippen molar-refractivity contribution in [1.82, 2.24) is 14.8 Å². The van der Waals surface area contributed by atoms with Gasteiger partial charge in [-0.15, -0.1) is 0 Å². The van der Waals surface area contributed by atoms with Crippen molar-refractivity contribution in [3.8, 4) is 11.3 Å². The molecule has 0 bridgehead atoms. The van der Waals surface area contributed by atoms with Crippen LogP contribution in [0.4, 0.5) is 5.82 Å². The molecular formula is C25H36N4O2. The summed E-state index contributed by atoms with van der Waals surface area (Å²) in [7, 11) is 7.75. The van der Waals surface area contributed by atoms with Crippen LogP contribution < -0.4 is 4.90 Å². The van der Waals surface area contributed by atoms with Gasteiger partial charge in [-0.3, -0.25) is 4.79 Å². The summed E-state index contributed by atoms with van der Waals surface area (Å²) >= 11 is 0. The lowest BCUT2D eigenvalue weighted by atomic mass is 10.0. The summed E-state index contributed by atoms with van der Waals surface area (Å²) in [5.74, 6) is 0.786. The summed E-state index contributed by atoms with van der Waals surface area (Å²) in [4.78, 5) is 25.0. The number of aryl methyl sites for hydroxylation is 1. The fourth-order valence-electron chi connectivity index (χ4n) is 4.26. The van der Waals surface area contributed by atoms with E-state index in [1.54, 1.807) is 7.11 Å². The molecule has 168 valence electrons. The molecule has 1 aromatic heterocycles. The third-order valence-electron chi connectivity index (χ3n) is 6.09. The number of hydrogen-bond acceptors (Lipinski definition) is 5. The van der Waals surface area contributed by atoms with Crippen molar-refractivity contribution >= 4 is 11.7 Å². The maximum Gasteiger partial charge on any atom is 0.257 e. The SMILES string of the molecule is COCCCN(C(=O)c1ccc(-c2ccccc2C)nc1N(C)C)C1CCN(C)CC1. The summed E-state index contributed by atoms with van der Waals surface area (Å²) in [5, 5.41) is 0. The third kappa shape index (κ3) is 5.63. The zero-order valence-electron chi connectivity index (χ0n) is 19.6. The number of benzene rings is 1. The second-order valence-electron chi connectivity index (χ2n) is 8.66. The van der Waals surface area contributed by atoms with E-state index in [-0.39, 0.29) is 11.9 Å². The molecule has 1 amide bonds. The van der Waals surface area contributed by atoms with Crippen LogP contribution in [0.5, 0.6) is 0 Å². The Balaban J connectivity index is 1.93. The van der Waals surface area contributed by atoms with Gasteiger partial charge in [0.1, 0.15) is 5.82 Å². The van der Waals surface area contributed by atoms with Crippen LogP contribution in [0.1, 0.15) is 35.2 Å². The standard InChI is InChI=1S/C25H36N4O2/c1-19-9-6-7-10-21(19)23-12-11-22(24(26-23)27(2)3)25(30)29(15-8-18-31-5)20-13-16-28(4)17-14-20/h6-7,9-12,20H,8,13-18H2,1-5H3. The summed E-state index contributed by atoms with van der Waals surface area (Å²) in [6.45, 7) is 5.48. The van der Waals surface area contributed by atoms with E-state index in [0.717, 1.165) is 49.4 Å². The molecule has 0 unspecified atom stereocenters. The second kappa shape index (κ2) is 10.7. The highest BCUT2D eigenvalue weighted by Gasteiger charge is 2.29. The Morgan fingerprint density at radius 2 is 1.87 bits per heavy atom. The van der Waals surface area contributed by atoms with E-state index >= 15 is 0 Å². The number of carbonyl (C=O) groups excluding carboxylic acids is 1. The molecule has 6 heteroatoms. The van der Waals surface area contributed by atoms with Gasteiger partial charge in [-0.1, -0.05) is 24.3 Å². The van der Waals surface area contributed by atoms with E-state index < -0.39 is 0 Å². The number of pyridine rings is 1. The maximum atomic E-state index is 13.8. The number of ether oxygens (including phenoxy) is 1. The molecule has 2 aromatic rings. The molecule has 0 radical (unpaired) electrons. The molecule has 3 rings (SSSR count). The lowest BCUT2D eigenvalue weighted by molar-refractivity contribution is 0.0564. The third-order valence-corrected chi connectivity index (χ3v) is 6.09. The fourth-order valence-corrected chi connectivity index (χ4v) is 4.26. The highest BCUT2D eigenvalue weighted by Crippen LogP contribution is 2.28. The van der Waals surface area contributed by atoms with Crippen LogP contribution >= 0.6 is 0 Å². The van der Waals surface area contributed by atoms with Crippen LogP contribution in [0.25, 0.3) is 11.3 Å². The average molecular weight is 425 g/mol. The number of rotatable bonds is 8. The number of nitrogens with zero attached hydrogens (tertiary/aromatic N) is 4. The summed E-state index contributed by atoms with van der Waals surface area (Å²) in [6, 6.07) is 12.4. The number of anilines is 1. The molecular weight excluding hydrogens is 388 g/mol. The van der Waals surface area contributed by atoms with E-state index in [1.165, 1.54) is 5.56 Å². The van der Waals surface area contributed by atoms with Crippen molar-refractivity contribution in [1.29, 1.82) is 0 Å². The van der Waals surface area contributed by atoms with Gasteiger partial charge in [-0.25, -0.2) is 4.98 Å². The minimum absolute atomic E-state index is 0.0678. The number of carbonyl (C=O) groups is 1. The van der Waals surface area contributed by atoms with Gasteiger partial charge < -0.3 is 19.4 Å². The Bertz CT molecular complexity index is 876. The normalized spacial score (nSPS) is 15.1. The number of piperidine rings is 1. The topological polar surface area (TPSA) is 48.9 Å². The van der Waals surface area contributed by atoms with Crippen LogP contribution in [-0.4, -0.2) is 81.2 Å². The Labute approximate surface area is 186 Å². The van der Waals surface area contributed by atoms with Gasteiger partial charge in [0.05, 0.1) is 11.3 Å². The summed E-state index contributed by atoms with van der Waals surface area (Å²) in [5.41, 5.74) is 3.82. The predicted octanol–water partition coefficient (Wildman–Crippen LogP) is 3.70. The van der Waals surface area contributed by atoms with Crippen LogP contribution in [-0.2, 0) is 4.74 Å². The quantitative estimate of drug-likeness (QED) is 0.605. The lowest BCUT2D eigenvalue weighted by Gasteiger charge is -2.38. The predicted molar refractivity (Wildman–Crippen MR) is 127 cm³/mol. The van der Waals surface area contributed by atoms with Crippen molar-refractivity contribution in [3.63, 3.8) is 0 Å².